The summed E-state index contributed by atoms with van der Waals surface area (Å²) in [6.07, 6.45) is 2.21. The molecule has 0 spiro atoms. The van der Waals surface area contributed by atoms with Crippen LogP contribution in [0.5, 0.6) is 0 Å². The Bertz CT molecular complexity index is 358. The van der Waals surface area contributed by atoms with E-state index in [9.17, 15) is 4.79 Å². The van der Waals surface area contributed by atoms with Gasteiger partial charge in [0.25, 0.3) is 5.91 Å². The van der Waals surface area contributed by atoms with Crippen molar-refractivity contribution in [1.29, 1.82) is 0 Å². The van der Waals surface area contributed by atoms with E-state index in [-0.39, 0.29) is 24.4 Å². The van der Waals surface area contributed by atoms with Crippen molar-refractivity contribution >= 4 is 18.3 Å². The molecule has 1 aromatic rings. The van der Waals surface area contributed by atoms with Crippen molar-refractivity contribution in [3.05, 3.63) is 35.4 Å². The van der Waals surface area contributed by atoms with Crippen LogP contribution in [0.2, 0.25) is 0 Å². The van der Waals surface area contributed by atoms with Gasteiger partial charge in [-0.3, -0.25) is 4.79 Å². The first-order valence-electron chi connectivity index (χ1n) is 5.84. The molecule has 1 amide bonds. The smallest absolute Gasteiger partial charge is 0.251 e. The molecule has 1 saturated heterocycles. The molecule has 17 heavy (non-hydrogen) atoms. The Kier molecular flexibility index (Phi) is 5.45. The van der Waals surface area contributed by atoms with E-state index in [1.54, 1.807) is 0 Å². The molecular formula is C13H19ClN2O. The van der Waals surface area contributed by atoms with E-state index >= 15 is 0 Å². The largest absolute Gasteiger partial charge is 0.348 e. The molecule has 0 bridgehead atoms. The maximum atomic E-state index is 11.9. The Morgan fingerprint density at radius 2 is 2.06 bits per heavy atom. The second-order valence-electron chi connectivity index (χ2n) is 4.38. The van der Waals surface area contributed by atoms with Crippen molar-refractivity contribution in [3.63, 3.8) is 0 Å². The summed E-state index contributed by atoms with van der Waals surface area (Å²) in [5.74, 6) is 0.0358. The first-order chi connectivity index (χ1) is 7.75. The van der Waals surface area contributed by atoms with Crippen molar-refractivity contribution in [2.45, 2.75) is 25.8 Å². The SMILES string of the molecule is Cc1ccc(C(=O)N[C@@H]2CCCNC2)cc1.Cl. The van der Waals surface area contributed by atoms with E-state index in [1.165, 1.54) is 5.56 Å². The molecule has 0 radical (unpaired) electrons. The van der Waals surface area contributed by atoms with E-state index in [4.69, 9.17) is 0 Å². The lowest BCUT2D eigenvalue weighted by molar-refractivity contribution is 0.0930. The van der Waals surface area contributed by atoms with Crippen LogP contribution in [0, 0.1) is 6.92 Å². The van der Waals surface area contributed by atoms with E-state index in [0.717, 1.165) is 31.5 Å². The number of aryl methyl sites for hydroxylation is 1. The Labute approximate surface area is 108 Å². The fraction of sp³-hybridized carbons (Fsp3) is 0.462. The molecule has 1 aromatic carbocycles. The summed E-state index contributed by atoms with van der Waals surface area (Å²) in [5.41, 5.74) is 1.92. The highest BCUT2D eigenvalue weighted by molar-refractivity contribution is 5.94. The highest BCUT2D eigenvalue weighted by Crippen LogP contribution is 2.06. The van der Waals surface area contributed by atoms with E-state index in [0.29, 0.717) is 0 Å². The molecule has 0 aromatic heterocycles. The minimum absolute atomic E-state index is 0. The van der Waals surface area contributed by atoms with Gasteiger partial charge in [-0.25, -0.2) is 0 Å². The minimum Gasteiger partial charge on any atom is -0.348 e. The lowest BCUT2D eigenvalue weighted by Crippen LogP contribution is -2.45. The van der Waals surface area contributed by atoms with Gasteiger partial charge in [-0.05, 0) is 38.4 Å². The van der Waals surface area contributed by atoms with E-state index in [1.807, 2.05) is 31.2 Å². The summed E-state index contributed by atoms with van der Waals surface area (Å²) in [5, 5.41) is 6.34. The molecule has 0 aliphatic carbocycles. The van der Waals surface area contributed by atoms with Gasteiger partial charge in [-0.15, -0.1) is 12.4 Å². The Hall–Kier alpha value is -1.06. The monoisotopic (exact) mass is 254 g/mol. The first-order valence-corrected chi connectivity index (χ1v) is 5.84. The summed E-state index contributed by atoms with van der Waals surface area (Å²) in [7, 11) is 0. The zero-order chi connectivity index (χ0) is 11.4. The van der Waals surface area contributed by atoms with Crippen LogP contribution in [-0.2, 0) is 0 Å². The molecular weight excluding hydrogens is 236 g/mol. The van der Waals surface area contributed by atoms with Crippen molar-refractivity contribution in [2.75, 3.05) is 13.1 Å². The minimum atomic E-state index is 0. The zero-order valence-corrected chi connectivity index (χ0v) is 10.8. The van der Waals surface area contributed by atoms with Crippen LogP contribution in [-0.4, -0.2) is 25.0 Å². The van der Waals surface area contributed by atoms with Crippen molar-refractivity contribution < 1.29 is 4.79 Å². The molecule has 1 aliphatic heterocycles. The molecule has 1 atom stereocenters. The number of carbonyl (C=O) groups is 1. The number of piperidine rings is 1. The second-order valence-corrected chi connectivity index (χ2v) is 4.38. The standard InChI is InChI=1S/C13H18N2O.ClH/c1-10-4-6-11(7-5-10)13(16)15-12-3-2-8-14-9-12;/h4-7,12,14H,2-3,8-9H2,1H3,(H,15,16);1H/t12-;/m1./s1. The molecule has 0 unspecified atom stereocenters. The summed E-state index contributed by atoms with van der Waals surface area (Å²) >= 11 is 0. The van der Waals surface area contributed by atoms with Crippen LogP contribution in [0.4, 0.5) is 0 Å². The summed E-state index contributed by atoms with van der Waals surface area (Å²) < 4.78 is 0. The Morgan fingerprint density at radius 3 is 2.65 bits per heavy atom. The third-order valence-electron chi connectivity index (χ3n) is 2.95. The van der Waals surface area contributed by atoms with Gasteiger partial charge >= 0.3 is 0 Å². The third-order valence-corrected chi connectivity index (χ3v) is 2.95. The number of hydrogen-bond acceptors (Lipinski definition) is 2. The summed E-state index contributed by atoms with van der Waals surface area (Å²) in [6, 6.07) is 7.96. The van der Waals surface area contributed by atoms with Gasteiger partial charge in [0.05, 0.1) is 0 Å². The maximum absolute atomic E-state index is 11.9. The number of hydrogen-bond donors (Lipinski definition) is 2. The quantitative estimate of drug-likeness (QED) is 0.847. The number of halogens is 1. The molecule has 1 aliphatic rings. The lowest BCUT2D eigenvalue weighted by Gasteiger charge is -2.23. The number of rotatable bonds is 2. The van der Waals surface area contributed by atoms with Crippen LogP contribution in [0.3, 0.4) is 0 Å². The Balaban J connectivity index is 0.00000144. The Morgan fingerprint density at radius 1 is 1.35 bits per heavy atom. The molecule has 0 saturated carbocycles. The van der Waals surface area contributed by atoms with Crippen molar-refractivity contribution in [2.24, 2.45) is 0 Å². The van der Waals surface area contributed by atoms with Crippen LogP contribution in [0.25, 0.3) is 0 Å². The zero-order valence-electron chi connectivity index (χ0n) is 10.0. The van der Waals surface area contributed by atoms with Gasteiger partial charge in [-0.1, -0.05) is 17.7 Å². The fourth-order valence-corrected chi connectivity index (χ4v) is 1.95. The van der Waals surface area contributed by atoms with Gasteiger partial charge < -0.3 is 10.6 Å². The number of amides is 1. The van der Waals surface area contributed by atoms with Crippen LogP contribution in [0.15, 0.2) is 24.3 Å². The number of benzene rings is 1. The third kappa shape index (κ3) is 4.02. The molecule has 94 valence electrons. The molecule has 2 N–H and O–H groups in total. The highest BCUT2D eigenvalue weighted by Gasteiger charge is 2.15. The van der Waals surface area contributed by atoms with Crippen molar-refractivity contribution in [1.82, 2.24) is 10.6 Å². The number of carbonyl (C=O) groups excluding carboxylic acids is 1. The van der Waals surface area contributed by atoms with Gasteiger partial charge in [0.1, 0.15) is 0 Å². The highest BCUT2D eigenvalue weighted by atomic mass is 35.5. The number of nitrogens with one attached hydrogen (secondary N) is 2. The summed E-state index contributed by atoms with van der Waals surface area (Å²) in [6.45, 7) is 3.97. The molecule has 4 heteroatoms. The molecule has 3 nitrogen and oxygen atoms in total. The van der Waals surface area contributed by atoms with Crippen LogP contribution >= 0.6 is 12.4 Å². The normalized spacial score (nSPS) is 19.2. The van der Waals surface area contributed by atoms with Crippen LogP contribution < -0.4 is 10.6 Å². The first kappa shape index (κ1) is 14.0. The second kappa shape index (κ2) is 6.62. The topological polar surface area (TPSA) is 41.1 Å². The average Bonchev–Trinajstić information content (AvgIpc) is 2.31. The molecule has 1 fully saturated rings. The van der Waals surface area contributed by atoms with E-state index in [2.05, 4.69) is 10.6 Å². The van der Waals surface area contributed by atoms with Gasteiger partial charge in [-0.2, -0.15) is 0 Å². The molecule has 2 rings (SSSR count). The predicted molar refractivity (Wildman–Crippen MR) is 71.8 cm³/mol. The van der Waals surface area contributed by atoms with Crippen LogP contribution in [0.1, 0.15) is 28.8 Å². The van der Waals surface area contributed by atoms with E-state index < -0.39 is 0 Å². The summed E-state index contributed by atoms with van der Waals surface area (Å²) in [4.78, 5) is 11.9. The molecule has 1 heterocycles. The average molecular weight is 255 g/mol. The predicted octanol–water partition coefficient (Wildman–Crippen LogP) is 1.90. The maximum Gasteiger partial charge on any atom is 0.251 e. The fourth-order valence-electron chi connectivity index (χ4n) is 1.95. The van der Waals surface area contributed by atoms with Gasteiger partial charge in [0.15, 0.2) is 0 Å². The lowest BCUT2D eigenvalue weighted by atomic mass is 10.1. The van der Waals surface area contributed by atoms with Gasteiger partial charge in [0, 0.05) is 18.2 Å². The van der Waals surface area contributed by atoms with Crippen molar-refractivity contribution in [3.8, 4) is 0 Å². The van der Waals surface area contributed by atoms with Gasteiger partial charge in [0.2, 0.25) is 0 Å².